The monoisotopic (exact) mass is 619 g/mol. The van der Waals surface area contributed by atoms with Gasteiger partial charge in [0.1, 0.15) is 18.3 Å². The molecule has 0 radical (unpaired) electrons. The van der Waals surface area contributed by atoms with Crippen molar-refractivity contribution < 1.29 is 22.7 Å². The van der Waals surface area contributed by atoms with Crippen molar-refractivity contribution in [3.05, 3.63) is 88.4 Å². The minimum Gasteiger partial charge on any atom is -0.494 e. The largest absolute Gasteiger partial charge is 0.494 e. The van der Waals surface area contributed by atoms with Gasteiger partial charge in [-0.3, -0.25) is 13.9 Å². The fraction of sp³-hybridized carbons (Fsp3) is 0.333. The van der Waals surface area contributed by atoms with Gasteiger partial charge in [0.15, 0.2) is 0 Å². The Bertz CT molecular complexity index is 1440. The molecule has 220 valence electrons. The van der Waals surface area contributed by atoms with Gasteiger partial charge < -0.3 is 15.0 Å². The minimum absolute atomic E-state index is 0.00698. The number of ether oxygens (including phenoxy) is 1. The average molecular weight is 621 g/mol. The molecule has 11 heteroatoms. The summed E-state index contributed by atoms with van der Waals surface area (Å²) >= 11 is 12.5. The van der Waals surface area contributed by atoms with Crippen LogP contribution in [0.2, 0.25) is 10.0 Å². The highest BCUT2D eigenvalue weighted by atomic mass is 35.5. The first-order valence-electron chi connectivity index (χ1n) is 13.3. The van der Waals surface area contributed by atoms with E-state index in [1.807, 2.05) is 20.8 Å². The molecule has 1 N–H and O–H groups in total. The molecule has 8 nitrogen and oxygen atoms in total. The number of sulfonamides is 1. The Hall–Kier alpha value is -3.27. The third-order valence-electron chi connectivity index (χ3n) is 6.57. The van der Waals surface area contributed by atoms with Crippen LogP contribution >= 0.6 is 23.2 Å². The number of amides is 2. The molecule has 0 aromatic heterocycles. The molecule has 0 aliphatic heterocycles. The van der Waals surface area contributed by atoms with Gasteiger partial charge in [-0.25, -0.2) is 8.42 Å². The molecule has 0 unspecified atom stereocenters. The normalized spacial score (nSPS) is 12.7. The van der Waals surface area contributed by atoms with E-state index in [1.54, 1.807) is 67.6 Å². The summed E-state index contributed by atoms with van der Waals surface area (Å²) in [6.07, 6.45) is 0.706. The number of nitrogens with zero attached hydrogens (tertiary/aromatic N) is 2. The number of benzene rings is 3. The van der Waals surface area contributed by atoms with Crippen molar-refractivity contribution in [2.45, 2.75) is 57.6 Å². The maximum atomic E-state index is 14.0. The summed E-state index contributed by atoms with van der Waals surface area (Å²) < 4.78 is 34.3. The topological polar surface area (TPSA) is 96.0 Å². The second kappa shape index (κ2) is 14.6. The van der Waals surface area contributed by atoms with Gasteiger partial charge in [0.05, 0.1) is 17.2 Å². The van der Waals surface area contributed by atoms with E-state index in [1.165, 1.54) is 17.0 Å². The third-order valence-corrected chi connectivity index (χ3v) is 8.94. The predicted molar refractivity (Wildman–Crippen MR) is 163 cm³/mol. The van der Waals surface area contributed by atoms with E-state index >= 15 is 0 Å². The van der Waals surface area contributed by atoms with Crippen LogP contribution < -0.4 is 14.4 Å². The lowest BCUT2D eigenvalue weighted by molar-refractivity contribution is -0.139. The summed E-state index contributed by atoms with van der Waals surface area (Å²) in [7, 11) is -4.18. The van der Waals surface area contributed by atoms with Crippen molar-refractivity contribution in [2.24, 2.45) is 0 Å². The Morgan fingerprint density at radius 1 is 0.951 bits per heavy atom. The van der Waals surface area contributed by atoms with Crippen LogP contribution in [0.3, 0.4) is 0 Å². The number of hydrogen-bond donors (Lipinski definition) is 1. The van der Waals surface area contributed by atoms with E-state index in [0.29, 0.717) is 40.1 Å². The van der Waals surface area contributed by atoms with Crippen molar-refractivity contribution in [3.63, 3.8) is 0 Å². The van der Waals surface area contributed by atoms with Gasteiger partial charge in [-0.1, -0.05) is 54.4 Å². The maximum Gasteiger partial charge on any atom is 0.264 e. The van der Waals surface area contributed by atoms with Gasteiger partial charge in [0.2, 0.25) is 11.8 Å². The first kappa shape index (κ1) is 32.2. The van der Waals surface area contributed by atoms with Crippen molar-refractivity contribution in [1.82, 2.24) is 10.2 Å². The number of para-hydroxylation sites is 1. The number of carbonyl (C=O) groups is 2. The third kappa shape index (κ3) is 8.38. The number of hydrogen-bond acceptors (Lipinski definition) is 5. The van der Waals surface area contributed by atoms with Crippen molar-refractivity contribution >= 4 is 50.7 Å². The van der Waals surface area contributed by atoms with Crippen molar-refractivity contribution in [2.75, 3.05) is 17.5 Å². The highest BCUT2D eigenvalue weighted by Crippen LogP contribution is 2.27. The van der Waals surface area contributed by atoms with Crippen LogP contribution in [0.1, 0.15) is 39.7 Å². The van der Waals surface area contributed by atoms with Crippen LogP contribution in [0.25, 0.3) is 0 Å². The molecule has 0 aliphatic rings. The predicted octanol–water partition coefficient (Wildman–Crippen LogP) is 5.92. The van der Waals surface area contributed by atoms with Gasteiger partial charge in [-0.05, 0) is 81.3 Å². The Labute approximate surface area is 252 Å². The van der Waals surface area contributed by atoms with E-state index in [9.17, 15) is 18.0 Å². The molecule has 2 amide bonds. The summed E-state index contributed by atoms with van der Waals surface area (Å²) in [5, 5.41) is 3.65. The molecule has 0 saturated carbocycles. The lowest BCUT2D eigenvalue weighted by Gasteiger charge is -2.32. The molecule has 0 saturated heterocycles. The van der Waals surface area contributed by atoms with E-state index in [4.69, 9.17) is 27.9 Å². The Kier molecular flexibility index (Phi) is 11.5. The first-order chi connectivity index (χ1) is 19.5. The fourth-order valence-electron chi connectivity index (χ4n) is 4.01. The minimum atomic E-state index is -4.18. The SMILES string of the molecule is CCOc1ccc(S(=O)(=O)N(CC(=O)N(Cc2ccc(Cl)cc2Cl)[C@H](C)C(=O)N[C@@H](C)CC)c2ccccc2)cc1. The standard InChI is InChI=1S/C30H35Cl2N3O5S/c1-5-21(3)33-30(37)22(4)34(19-23-12-13-24(31)18-28(23)32)29(36)20-35(25-10-8-7-9-11-25)41(38,39)27-16-14-26(15-17-27)40-6-2/h7-18,21-22H,5-6,19-20H2,1-4H3,(H,33,37)/t21-,22+/m0/s1. The van der Waals surface area contributed by atoms with Gasteiger partial charge >= 0.3 is 0 Å². The molecule has 3 rings (SSSR count). The second-order valence-electron chi connectivity index (χ2n) is 9.50. The van der Waals surface area contributed by atoms with Gasteiger partial charge in [0.25, 0.3) is 10.0 Å². The maximum absolute atomic E-state index is 14.0. The zero-order valence-electron chi connectivity index (χ0n) is 23.5. The molecule has 0 heterocycles. The molecule has 41 heavy (non-hydrogen) atoms. The van der Waals surface area contributed by atoms with E-state index < -0.39 is 28.5 Å². The van der Waals surface area contributed by atoms with Crippen molar-refractivity contribution in [3.8, 4) is 5.75 Å². The van der Waals surface area contributed by atoms with Gasteiger partial charge in [-0.15, -0.1) is 0 Å². The lowest BCUT2D eigenvalue weighted by atomic mass is 10.1. The van der Waals surface area contributed by atoms with Crippen LogP contribution in [0.15, 0.2) is 77.7 Å². The zero-order chi connectivity index (χ0) is 30.2. The van der Waals surface area contributed by atoms with Crippen LogP contribution in [-0.2, 0) is 26.2 Å². The number of halogens is 2. The summed E-state index contributed by atoms with van der Waals surface area (Å²) in [4.78, 5) is 28.4. The Morgan fingerprint density at radius 3 is 2.20 bits per heavy atom. The van der Waals surface area contributed by atoms with Gasteiger partial charge in [-0.2, -0.15) is 0 Å². The molecule has 3 aromatic rings. The fourth-order valence-corrected chi connectivity index (χ4v) is 5.89. The Balaban J connectivity index is 2.01. The smallest absolute Gasteiger partial charge is 0.264 e. The molecule has 0 aliphatic carbocycles. The zero-order valence-corrected chi connectivity index (χ0v) is 25.8. The Morgan fingerprint density at radius 2 is 1.61 bits per heavy atom. The number of anilines is 1. The quantitative estimate of drug-likeness (QED) is 0.256. The second-order valence-corrected chi connectivity index (χ2v) is 12.2. The summed E-state index contributed by atoms with van der Waals surface area (Å²) in [6, 6.07) is 18.2. The summed E-state index contributed by atoms with van der Waals surface area (Å²) in [6.45, 7) is 7.10. The van der Waals surface area contributed by atoms with Crippen LogP contribution in [0, 0.1) is 0 Å². The van der Waals surface area contributed by atoms with Crippen LogP contribution in [-0.4, -0.2) is 50.4 Å². The molecule has 3 aromatic carbocycles. The molecule has 0 spiro atoms. The summed E-state index contributed by atoms with van der Waals surface area (Å²) in [5.74, 6) is -0.416. The van der Waals surface area contributed by atoms with E-state index in [0.717, 1.165) is 4.31 Å². The van der Waals surface area contributed by atoms with Crippen molar-refractivity contribution in [1.29, 1.82) is 0 Å². The first-order valence-corrected chi connectivity index (χ1v) is 15.5. The number of nitrogens with one attached hydrogen (secondary N) is 1. The average Bonchev–Trinajstić information content (AvgIpc) is 2.95. The molecule has 2 atom stereocenters. The number of rotatable bonds is 13. The van der Waals surface area contributed by atoms with Crippen LogP contribution in [0.5, 0.6) is 5.75 Å². The van der Waals surface area contributed by atoms with E-state index in [2.05, 4.69) is 5.32 Å². The van der Waals surface area contributed by atoms with E-state index in [-0.39, 0.29) is 23.4 Å². The molecular weight excluding hydrogens is 585 g/mol. The van der Waals surface area contributed by atoms with Crippen LogP contribution in [0.4, 0.5) is 5.69 Å². The highest BCUT2D eigenvalue weighted by molar-refractivity contribution is 7.92. The molecular formula is C30H35Cl2N3O5S. The van der Waals surface area contributed by atoms with Gasteiger partial charge in [0, 0.05) is 22.6 Å². The summed E-state index contributed by atoms with van der Waals surface area (Å²) in [5.41, 5.74) is 0.865. The highest BCUT2D eigenvalue weighted by Gasteiger charge is 2.33. The molecule has 0 fully saturated rings. The lowest BCUT2D eigenvalue weighted by Crippen LogP contribution is -2.52. The number of carbonyl (C=O) groups excluding carboxylic acids is 2. The molecule has 0 bridgehead atoms.